The zero-order chi connectivity index (χ0) is 11.4. The Kier molecular flexibility index (Phi) is 4.21. The fourth-order valence-corrected chi connectivity index (χ4v) is 2.37. The first-order valence-corrected chi connectivity index (χ1v) is 6.48. The average Bonchev–Trinajstić information content (AvgIpc) is 2.29. The highest BCUT2D eigenvalue weighted by molar-refractivity contribution is 9.10. The molecule has 0 aliphatic carbocycles. The second-order valence-electron chi connectivity index (χ2n) is 4.16. The summed E-state index contributed by atoms with van der Waals surface area (Å²) in [7, 11) is 0. The van der Waals surface area contributed by atoms with Gasteiger partial charge in [0.25, 0.3) is 0 Å². The second kappa shape index (κ2) is 5.66. The monoisotopic (exact) mass is 283 g/mol. The minimum atomic E-state index is 0.935. The molecule has 3 nitrogen and oxygen atoms in total. The number of rotatable bonds is 3. The number of halogens is 1. The summed E-state index contributed by atoms with van der Waals surface area (Å²) >= 11 is 3.48. The lowest BCUT2D eigenvalue weighted by Crippen LogP contribution is -2.45. The van der Waals surface area contributed by atoms with Crippen LogP contribution in [0.2, 0.25) is 0 Å². The number of piperazine rings is 1. The standard InChI is InChI=1S/C12H18BrN3/c1-10-8-11(13)2-3-12(10)15-9-16-6-4-14-5-7-16/h2-3,8,14-15H,4-7,9H2,1H3. The number of aryl methyl sites for hydroxylation is 1. The molecule has 4 heteroatoms. The van der Waals surface area contributed by atoms with Crippen molar-refractivity contribution >= 4 is 21.6 Å². The molecule has 1 aliphatic heterocycles. The molecule has 0 radical (unpaired) electrons. The maximum Gasteiger partial charge on any atom is 0.0679 e. The van der Waals surface area contributed by atoms with Crippen molar-refractivity contribution in [1.29, 1.82) is 0 Å². The van der Waals surface area contributed by atoms with Crippen LogP contribution in [0.15, 0.2) is 22.7 Å². The van der Waals surface area contributed by atoms with Gasteiger partial charge in [-0.3, -0.25) is 4.90 Å². The lowest BCUT2D eigenvalue weighted by Gasteiger charge is -2.27. The lowest BCUT2D eigenvalue weighted by molar-refractivity contribution is 0.256. The first kappa shape index (κ1) is 11.9. The molecule has 2 rings (SSSR count). The molecule has 0 spiro atoms. The quantitative estimate of drug-likeness (QED) is 0.889. The second-order valence-corrected chi connectivity index (χ2v) is 5.08. The number of anilines is 1. The Labute approximate surface area is 105 Å². The molecule has 1 aromatic carbocycles. The summed E-state index contributed by atoms with van der Waals surface area (Å²) in [6.07, 6.45) is 0. The topological polar surface area (TPSA) is 27.3 Å². The van der Waals surface area contributed by atoms with Crippen molar-refractivity contribution in [1.82, 2.24) is 10.2 Å². The van der Waals surface area contributed by atoms with E-state index in [1.807, 2.05) is 0 Å². The Hall–Kier alpha value is -0.580. The molecule has 0 amide bonds. The summed E-state index contributed by atoms with van der Waals surface area (Å²) in [5.74, 6) is 0. The first-order valence-electron chi connectivity index (χ1n) is 5.69. The van der Waals surface area contributed by atoms with Gasteiger partial charge in [0.2, 0.25) is 0 Å². The van der Waals surface area contributed by atoms with E-state index in [2.05, 4.69) is 56.6 Å². The molecule has 0 saturated carbocycles. The summed E-state index contributed by atoms with van der Waals surface area (Å²) < 4.78 is 1.14. The van der Waals surface area contributed by atoms with Crippen molar-refractivity contribution in [3.05, 3.63) is 28.2 Å². The molecule has 1 heterocycles. The van der Waals surface area contributed by atoms with Crippen LogP contribution in [0, 0.1) is 6.92 Å². The molecule has 0 atom stereocenters. The normalized spacial score (nSPS) is 17.4. The van der Waals surface area contributed by atoms with Gasteiger partial charge in [0.15, 0.2) is 0 Å². The molecule has 1 fully saturated rings. The van der Waals surface area contributed by atoms with Gasteiger partial charge in [0.1, 0.15) is 0 Å². The summed E-state index contributed by atoms with van der Waals surface area (Å²) in [5.41, 5.74) is 2.51. The first-order chi connectivity index (χ1) is 7.75. The Morgan fingerprint density at radius 3 is 2.81 bits per heavy atom. The minimum Gasteiger partial charge on any atom is -0.372 e. The van der Waals surface area contributed by atoms with Gasteiger partial charge in [-0.2, -0.15) is 0 Å². The summed E-state index contributed by atoms with van der Waals surface area (Å²) in [5, 5.41) is 6.84. The summed E-state index contributed by atoms with van der Waals surface area (Å²) in [4.78, 5) is 2.43. The fourth-order valence-electron chi connectivity index (χ4n) is 1.89. The van der Waals surface area contributed by atoms with Crippen LogP contribution in [0.5, 0.6) is 0 Å². The van der Waals surface area contributed by atoms with E-state index >= 15 is 0 Å². The smallest absolute Gasteiger partial charge is 0.0679 e. The number of benzene rings is 1. The van der Waals surface area contributed by atoms with E-state index in [0.29, 0.717) is 0 Å². The molecule has 1 aromatic rings. The molecule has 0 unspecified atom stereocenters. The van der Waals surface area contributed by atoms with E-state index in [4.69, 9.17) is 0 Å². The highest BCUT2D eigenvalue weighted by Gasteiger charge is 2.08. The van der Waals surface area contributed by atoms with Crippen molar-refractivity contribution in [2.75, 3.05) is 38.2 Å². The highest BCUT2D eigenvalue weighted by atomic mass is 79.9. The number of nitrogens with one attached hydrogen (secondary N) is 2. The Bertz CT molecular complexity index is 348. The Morgan fingerprint density at radius 1 is 1.38 bits per heavy atom. The lowest BCUT2D eigenvalue weighted by atomic mass is 10.2. The Morgan fingerprint density at radius 2 is 2.12 bits per heavy atom. The van der Waals surface area contributed by atoms with Crippen LogP contribution in [0.1, 0.15) is 5.56 Å². The van der Waals surface area contributed by atoms with Crippen molar-refractivity contribution < 1.29 is 0 Å². The molecule has 88 valence electrons. The van der Waals surface area contributed by atoms with Crippen LogP contribution >= 0.6 is 15.9 Å². The maximum atomic E-state index is 3.49. The van der Waals surface area contributed by atoms with E-state index in [0.717, 1.165) is 37.3 Å². The molecule has 1 saturated heterocycles. The van der Waals surface area contributed by atoms with Gasteiger partial charge >= 0.3 is 0 Å². The third kappa shape index (κ3) is 3.20. The predicted octanol–water partition coefficient (Wildman–Crippen LogP) is 2.03. The third-order valence-electron chi connectivity index (χ3n) is 2.89. The van der Waals surface area contributed by atoms with Crippen molar-refractivity contribution in [3.63, 3.8) is 0 Å². The van der Waals surface area contributed by atoms with Crippen LogP contribution in [0.25, 0.3) is 0 Å². The molecule has 1 aliphatic rings. The number of hydrogen-bond donors (Lipinski definition) is 2. The Balaban J connectivity index is 1.88. The van der Waals surface area contributed by atoms with Crippen LogP contribution in [0.4, 0.5) is 5.69 Å². The molecular formula is C12H18BrN3. The minimum absolute atomic E-state index is 0.935. The molecule has 0 bridgehead atoms. The van der Waals surface area contributed by atoms with Crippen molar-refractivity contribution in [2.24, 2.45) is 0 Å². The van der Waals surface area contributed by atoms with Gasteiger partial charge in [0.05, 0.1) is 6.67 Å². The van der Waals surface area contributed by atoms with E-state index in [9.17, 15) is 0 Å². The van der Waals surface area contributed by atoms with E-state index < -0.39 is 0 Å². The van der Waals surface area contributed by atoms with Crippen molar-refractivity contribution in [2.45, 2.75) is 6.92 Å². The van der Waals surface area contributed by atoms with E-state index in [-0.39, 0.29) is 0 Å². The third-order valence-corrected chi connectivity index (χ3v) is 3.38. The van der Waals surface area contributed by atoms with Gasteiger partial charge in [-0.25, -0.2) is 0 Å². The number of nitrogens with zero attached hydrogens (tertiary/aromatic N) is 1. The predicted molar refractivity (Wildman–Crippen MR) is 71.8 cm³/mol. The van der Waals surface area contributed by atoms with Gasteiger partial charge in [-0.1, -0.05) is 15.9 Å². The summed E-state index contributed by atoms with van der Waals surface area (Å²) in [6.45, 7) is 7.52. The van der Waals surface area contributed by atoms with E-state index in [1.54, 1.807) is 0 Å². The fraction of sp³-hybridized carbons (Fsp3) is 0.500. The maximum absolute atomic E-state index is 3.49. The highest BCUT2D eigenvalue weighted by Crippen LogP contribution is 2.19. The number of hydrogen-bond acceptors (Lipinski definition) is 3. The van der Waals surface area contributed by atoms with Crippen LogP contribution < -0.4 is 10.6 Å². The molecule has 16 heavy (non-hydrogen) atoms. The van der Waals surface area contributed by atoms with Gasteiger partial charge < -0.3 is 10.6 Å². The molecule has 0 aromatic heterocycles. The zero-order valence-electron chi connectivity index (χ0n) is 9.59. The molecular weight excluding hydrogens is 266 g/mol. The zero-order valence-corrected chi connectivity index (χ0v) is 11.2. The van der Waals surface area contributed by atoms with Crippen LogP contribution in [-0.4, -0.2) is 37.7 Å². The van der Waals surface area contributed by atoms with Gasteiger partial charge in [0, 0.05) is 36.3 Å². The van der Waals surface area contributed by atoms with Crippen LogP contribution in [0.3, 0.4) is 0 Å². The van der Waals surface area contributed by atoms with Gasteiger partial charge in [-0.15, -0.1) is 0 Å². The van der Waals surface area contributed by atoms with Crippen LogP contribution in [-0.2, 0) is 0 Å². The largest absolute Gasteiger partial charge is 0.372 e. The summed E-state index contributed by atoms with van der Waals surface area (Å²) in [6, 6.07) is 6.34. The molecule has 2 N–H and O–H groups in total. The SMILES string of the molecule is Cc1cc(Br)ccc1NCN1CCNCC1. The van der Waals surface area contributed by atoms with Gasteiger partial charge in [-0.05, 0) is 30.7 Å². The van der Waals surface area contributed by atoms with E-state index in [1.165, 1.54) is 11.3 Å². The van der Waals surface area contributed by atoms with Crippen molar-refractivity contribution in [3.8, 4) is 0 Å². The average molecular weight is 284 g/mol.